The summed E-state index contributed by atoms with van der Waals surface area (Å²) >= 11 is 0. The van der Waals surface area contributed by atoms with Crippen LogP contribution < -0.4 is 5.73 Å². The zero-order valence-corrected chi connectivity index (χ0v) is 5.97. The summed E-state index contributed by atoms with van der Waals surface area (Å²) < 4.78 is 5.15. The van der Waals surface area contributed by atoms with Crippen LogP contribution in [0.25, 0.3) is 0 Å². The fourth-order valence-electron chi connectivity index (χ4n) is 0.453. The second kappa shape index (κ2) is 7.50. The van der Waals surface area contributed by atoms with Gasteiger partial charge in [0.2, 0.25) is 0 Å². The molecule has 0 heterocycles. The third-order valence-corrected chi connectivity index (χ3v) is 0.992. The van der Waals surface area contributed by atoms with Crippen LogP contribution in [0.2, 0.25) is 0 Å². The summed E-state index contributed by atoms with van der Waals surface area (Å²) in [4.78, 5) is 0. The molecule has 0 aliphatic carbocycles. The van der Waals surface area contributed by atoms with Gasteiger partial charge in [0.25, 0.3) is 0 Å². The third-order valence-electron chi connectivity index (χ3n) is 0.992. The Kier molecular flexibility index (Phi) is 7.08. The van der Waals surface area contributed by atoms with Gasteiger partial charge in [-0.2, -0.15) is 0 Å². The molecular weight excluding hydrogens is 114 g/mol. The van der Waals surface area contributed by atoms with E-state index in [1.807, 2.05) is 0 Å². The molecule has 0 unspecified atom stereocenters. The lowest BCUT2D eigenvalue weighted by atomic mass is 10.4. The zero-order valence-electron chi connectivity index (χ0n) is 5.97. The molecule has 0 spiro atoms. The maximum atomic E-state index is 5.15. The van der Waals surface area contributed by atoms with Gasteiger partial charge in [0.05, 0.1) is 6.61 Å². The first kappa shape index (κ1) is 8.50. The van der Waals surface area contributed by atoms with Gasteiger partial charge in [0.15, 0.2) is 0 Å². The van der Waals surface area contributed by atoms with E-state index in [1.165, 1.54) is 12.6 Å². The molecule has 0 fully saturated rings. The van der Waals surface area contributed by atoms with Gasteiger partial charge in [0, 0.05) is 6.61 Å². The van der Waals surface area contributed by atoms with E-state index in [0.29, 0.717) is 6.61 Å². The van der Waals surface area contributed by atoms with Crippen LogP contribution in [0.15, 0.2) is 12.3 Å². The van der Waals surface area contributed by atoms with Crippen molar-refractivity contribution in [2.45, 2.75) is 19.8 Å². The van der Waals surface area contributed by atoms with Gasteiger partial charge < -0.3 is 10.5 Å². The molecule has 0 saturated heterocycles. The van der Waals surface area contributed by atoms with Gasteiger partial charge in [-0.15, -0.1) is 0 Å². The SMILES string of the molecule is CCCCOCC=CN. The van der Waals surface area contributed by atoms with Crippen molar-refractivity contribution in [2.24, 2.45) is 5.73 Å². The number of nitrogens with two attached hydrogens (primary N) is 1. The Balaban J connectivity index is 2.75. The molecule has 0 aromatic heterocycles. The smallest absolute Gasteiger partial charge is 0.0664 e. The largest absolute Gasteiger partial charge is 0.405 e. The van der Waals surface area contributed by atoms with Crippen LogP contribution in [0.1, 0.15) is 19.8 Å². The molecule has 0 bridgehead atoms. The Hall–Kier alpha value is -0.500. The molecule has 0 radical (unpaired) electrons. The Morgan fingerprint density at radius 2 is 2.33 bits per heavy atom. The van der Waals surface area contributed by atoms with E-state index in [2.05, 4.69) is 6.92 Å². The highest BCUT2D eigenvalue weighted by Gasteiger charge is 1.80. The minimum absolute atomic E-state index is 0.649. The van der Waals surface area contributed by atoms with E-state index in [-0.39, 0.29) is 0 Å². The van der Waals surface area contributed by atoms with E-state index < -0.39 is 0 Å². The molecule has 2 N–H and O–H groups in total. The first-order valence-corrected chi connectivity index (χ1v) is 3.36. The lowest BCUT2D eigenvalue weighted by Gasteiger charge is -1.96. The van der Waals surface area contributed by atoms with Crippen molar-refractivity contribution in [3.05, 3.63) is 12.3 Å². The molecule has 0 amide bonds. The normalized spacial score (nSPS) is 10.8. The maximum Gasteiger partial charge on any atom is 0.0664 e. The molecular formula is C7H15NO. The van der Waals surface area contributed by atoms with Crippen molar-refractivity contribution in [1.29, 1.82) is 0 Å². The van der Waals surface area contributed by atoms with E-state index in [4.69, 9.17) is 10.5 Å². The van der Waals surface area contributed by atoms with Crippen LogP contribution in [0, 0.1) is 0 Å². The van der Waals surface area contributed by atoms with E-state index in [9.17, 15) is 0 Å². The highest BCUT2D eigenvalue weighted by atomic mass is 16.5. The van der Waals surface area contributed by atoms with Gasteiger partial charge in [0.1, 0.15) is 0 Å². The van der Waals surface area contributed by atoms with Crippen LogP contribution in [-0.4, -0.2) is 13.2 Å². The average molecular weight is 129 g/mol. The molecule has 0 aliphatic rings. The van der Waals surface area contributed by atoms with Crippen molar-refractivity contribution < 1.29 is 4.74 Å². The minimum Gasteiger partial charge on any atom is -0.405 e. The van der Waals surface area contributed by atoms with Crippen LogP contribution in [0.4, 0.5) is 0 Å². The number of hydrogen-bond donors (Lipinski definition) is 1. The second-order valence-electron chi connectivity index (χ2n) is 1.86. The number of rotatable bonds is 5. The Morgan fingerprint density at radius 1 is 1.56 bits per heavy atom. The van der Waals surface area contributed by atoms with Gasteiger partial charge in [-0.25, -0.2) is 0 Å². The molecule has 0 aromatic rings. The summed E-state index contributed by atoms with van der Waals surface area (Å²) in [6.07, 6.45) is 5.63. The molecule has 2 heteroatoms. The first-order chi connectivity index (χ1) is 4.41. The summed E-state index contributed by atoms with van der Waals surface area (Å²) in [5, 5.41) is 0. The van der Waals surface area contributed by atoms with Crippen LogP contribution >= 0.6 is 0 Å². The molecule has 54 valence electrons. The highest BCUT2D eigenvalue weighted by molar-refractivity contribution is 4.74. The van der Waals surface area contributed by atoms with Crippen molar-refractivity contribution >= 4 is 0 Å². The summed E-state index contributed by atoms with van der Waals surface area (Å²) in [6.45, 7) is 3.64. The molecule has 0 atom stereocenters. The Morgan fingerprint density at radius 3 is 2.89 bits per heavy atom. The zero-order chi connectivity index (χ0) is 6.95. The number of hydrogen-bond acceptors (Lipinski definition) is 2. The second-order valence-corrected chi connectivity index (χ2v) is 1.86. The van der Waals surface area contributed by atoms with Crippen LogP contribution in [-0.2, 0) is 4.74 Å². The fraction of sp³-hybridized carbons (Fsp3) is 0.714. The fourth-order valence-corrected chi connectivity index (χ4v) is 0.453. The molecule has 0 saturated carbocycles. The minimum atomic E-state index is 0.649. The van der Waals surface area contributed by atoms with Gasteiger partial charge in [-0.05, 0) is 18.7 Å². The van der Waals surface area contributed by atoms with Gasteiger partial charge in [-0.3, -0.25) is 0 Å². The predicted octanol–water partition coefficient (Wildman–Crippen LogP) is 1.28. The standard InChI is InChI=1S/C7H15NO/c1-2-3-6-9-7-4-5-8/h4-5H,2-3,6-8H2,1H3. The molecule has 0 aliphatic heterocycles. The maximum absolute atomic E-state index is 5.15. The monoisotopic (exact) mass is 129 g/mol. The number of ether oxygens (including phenoxy) is 1. The summed E-state index contributed by atoms with van der Waals surface area (Å²) in [5.41, 5.74) is 5.08. The lowest BCUT2D eigenvalue weighted by molar-refractivity contribution is 0.159. The Bertz CT molecular complexity index is 71.3. The topological polar surface area (TPSA) is 35.2 Å². The predicted molar refractivity (Wildman–Crippen MR) is 39.1 cm³/mol. The summed E-state index contributed by atoms with van der Waals surface area (Å²) in [7, 11) is 0. The van der Waals surface area contributed by atoms with E-state index in [1.54, 1.807) is 6.08 Å². The van der Waals surface area contributed by atoms with Crippen molar-refractivity contribution in [3.63, 3.8) is 0 Å². The third kappa shape index (κ3) is 7.50. The van der Waals surface area contributed by atoms with Crippen LogP contribution in [0.3, 0.4) is 0 Å². The summed E-state index contributed by atoms with van der Waals surface area (Å²) in [5.74, 6) is 0. The van der Waals surface area contributed by atoms with E-state index in [0.717, 1.165) is 13.0 Å². The van der Waals surface area contributed by atoms with Crippen LogP contribution in [0.5, 0.6) is 0 Å². The summed E-state index contributed by atoms with van der Waals surface area (Å²) in [6, 6.07) is 0. The molecule has 0 aromatic carbocycles. The quantitative estimate of drug-likeness (QED) is 0.567. The van der Waals surface area contributed by atoms with Crippen molar-refractivity contribution in [1.82, 2.24) is 0 Å². The number of unbranched alkanes of at least 4 members (excludes halogenated alkanes) is 1. The molecule has 0 rings (SSSR count). The molecule has 2 nitrogen and oxygen atoms in total. The molecule has 9 heavy (non-hydrogen) atoms. The van der Waals surface area contributed by atoms with Gasteiger partial charge in [-0.1, -0.05) is 13.3 Å². The van der Waals surface area contributed by atoms with Crippen molar-refractivity contribution in [3.8, 4) is 0 Å². The van der Waals surface area contributed by atoms with Gasteiger partial charge >= 0.3 is 0 Å². The highest BCUT2D eigenvalue weighted by Crippen LogP contribution is 1.86. The average Bonchev–Trinajstić information content (AvgIpc) is 1.89. The first-order valence-electron chi connectivity index (χ1n) is 3.36. The Labute approximate surface area is 56.7 Å². The lowest BCUT2D eigenvalue weighted by Crippen LogP contribution is -1.93. The van der Waals surface area contributed by atoms with E-state index >= 15 is 0 Å². The van der Waals surface area contributed by atoms with Crippen molar-refractivity contribution in [2.75, 3.05) is 13.2 Å².